The second kappa shape index (κ2) is 32.6. The van der Waals surface area contributed by atoms with Crippen LogP contribution in [0.2, 0.25) is 0 Å². The van der Waals surface area contributed by atoms with E-state index >= 15 is 0 Å². The predicted molar refractivity (Wildman–Crippen MR) is 134 cm³/mol. The molecule has 0 aromatic carbocycles. The molecule has 0 saturated heterocycles. The van der Waals surface area contributed by atoms with Crippen LogP contribution >= 0.6 is 0 Å². The van der Waals surface area contributed by atoms with Crippen molar-refractivity contribution in [3.8, 4) is 0 Å². The zero-order valence-electron chi connectivity index (χ0n) is 22.0. The largest absolute Gasteiger partial charge is 0.379 e. The molecule has 0 rings (SSSR count). The van der Waals surface area contributed by atoms with E-state index in [1.165, 1.54) is 32.1 Å². The normalized spacial score (nSPS) is 11.5. The summed E-state index contributed by atoms with van der Waals surface area (Å²) in [4.78, 5) is 0. The Morgan fingerprint density at radius 3 is 1.00 bits per heavy atom. The van der Waals surface area contributed by atoms with E-state index in [2.05, 4.69) is 12.2 Å². The first-order chi connectivity index (χ1) is 16.9. The summed E-state index contributed by atoms with van der Waals surface area (Å²) in [5.41, 5.74) is 0. The van der Waals surface area contributed by atoms with Gasteiger partial charge in [-0.15, -0.1) is 0 Å². The van der Waals surface area contributed by atoms with Gasteiger partial charge in [0.15, 0.2) is 0 Å². The average Bonchev–Trinajstić information content (AvgIpc) is 2.85. The van der Waals surface area contributed by atoms with Crippen molar-refractivity contribution in [2.24, 2.45) is 0 Å². The van der Waals surface area contributed by atoms with Gasteiger partial charge in [-0.25, -0.2) is 0 Å². The van der Waals surface area contributed by atoms with E-state index in [-0.39, 0.29) is 0 Å². The predicted octanol–water partition coefficient (Wildman–Crippen LogP) is 2.70. The summed E-state index contributed by atoms with van der Waals surface area (Å²) < 4.78 is 43.7. The van der Waals surface area contributed by atoms with E-state index in [1.807, 2.05) is 7.05 Å². The molecule has 0 amide bonds. The first-order valence-electron chi connectivity index (χ1n) is 13.2. The third-order valence-electron chi connectivity index (χ3n) is 4.74. The molecule has 9 heteroatoms. The second-order valence-electron chi connectivity index (χ2n) is 7.77. The van der Waals surface area contributed by atoms with Gasteiger partial charge in [-0.3, -0.25) is 0 Å². The molecule has 0 fully saturated rings. The first kappa shape index (κ1) is 33.6. The molecular weight excluding hydrogens is 442 g/mol. The van der Waals surface area contributed by atoms with Crippen LogP contribution in [0.5, 0.6) is 0 Å². The molecule has 0 aliphatic carbocycles. The molecule has 0 spiro atoms. The standard InChI is InChI=1S/C25H53NO8/c1-3-4-5-6-7-8-10-27-12-14-29-16-18-31-20-22-33-24-25-34-23-21-32-19-17-30-15-13-28-11-9-26-2/h26H,3-25H2,1-2H3. The Morgan fingerprint density at radius 1 is 0.353 bits per heavy atom. The summed E-state index contributed by atoms with van der Waals surface area (Å²) in [6.45, 7) is 12.7. The van der Waals surface area contributed by atoms with Gasteiger partial charge in [-0.05, 0) is 13.5 Å². The van der Waals surface area contributed by atoms with Gasteiger partial charge in [-0.1, -0.05) is 39.0 Å². The van der Waals surface area contributed by atoms with E-state index in [0.29, 0.717) is 99.1 Å². The van der Waals surface area contributed by atoms with Crippen LogP contribution in [0.25, 0.3) is 0 Å². The van der Waals surface area contributed by atoms with Gasteiger partial charge in [0.25, 0.3) is 0 Å². The maximum atomic E-state index is 5.57. The molecule has 0 saturated carbocycles. The van der Waals surface area contributed by atoms with Crippen LogP contribution in [0.15, 0.2) is 0 Å². The molecule has 0 atom stereocenters. The van der Waals surface area contributed by atoms with Gasteiger partial charge < -0.3 is 43.2 Å². The van der Waals surface area contributed by atoms with Crippen LogP contribution in [-0.4, -0.2) is 119 Å². The Kier molecular flexibility index (Phi) is 32.3. The average molecular weight is 496 g/mol. The molecule has 1 N–H and O–H groups in total. The smallest absolute Gasteiger partial charge is 0.0701 e. The SMILES string of the molecule is CCCCCCCCOCCOCCOCCOCCOCCOCCOCCOCCNC. The van der Waals surface area contributed by atoms with Gasteiger partial charge in [0.05, 0.1) is 99.1 Å². The molecule has 0 aromatic rings. The van der Waals surface area contributed by atoms with Gasteiger partial charge in [-0.2, -0.15) is 0 Å². The van der Waals surface area contributed by atoms with Crippen molar-refractivity contribution in [3.63, 3.8) is 0 Å². The Hall–Kier alpha value is -0.360. The van der Waals surface area contributed by atoms with Crippen molar-refractivity contribution >= 4 is 0 Å². The van der Waals surface area contributed by atoms with Crippen LogP contribution < -0.4 is 5.32 Å². The maximum absolute atomic E-state index is 5.57. The van der Waals surface area contributed by atoms with Crippen LogP contribution in [0.3, 0.4) is 0 Å². The molecule has 0 aromatic heterocycles. The zero-order chi connectivity index (χ0) is 24.6. The Labute approximate surface area is 208 Å². The fraction of sp³-hybridized carbons (Fsp3) is 1.00. The third kappa shape index (κ3) is 31.6. The maximum Gasteiger partial charge on any atom is 0.0701 e. The second-order valence-corrected chi connectivity index (χ2v) is 7.77. The quantitative estimate of drug-likeness (QED) is 0.146. The molecular formula is C25H53NO8. The summed E-state index contributed by atoms with van der Waals surface area (Å²) >= 11 is 0. The van der Waals surface area contributed by atoms with E-state index < -0.39 is 0 Å². The lowest BCUT2D eigenvalue weighted by molar-refractivity contribution is -0.0230. The highest BCUT2D eigenvalue weighted by Gasteiger charge is 1.95. The van der Waals surface area contributed by atoms with Gasteiger partial charge in [0, 0.05) is 13.2 Å². The summed E-state index contributed by atoms with van der Waals surface area (Å²) in [6.07, 6.45) is 7.72. The summed E-state index contributed by atoms with van der Waals surface area (Å²) in [5.74, 6) is 0. The molecule has 206 valence electrons. The van der Waals surface area contributed by atoms with Crippen molar-refractivity contribution < 1.29 is 37.9 Å². The molecule has 0 aliphatic rings. The monoisotopic (exact) mass is 495 g/mol. The van der Waals surface area contributed by atoms with Gasteiger partial charge >= 0.3 is 0 Å². The lowest BCUT2D eigenvalue weighted by Crippen LogP contribution is -2.17. The number of unbranched alkanes of at least 4 members (excludes halogenated alkanes) is 5. The highest BCUT2D eigenvalue weighted by Crippen LogP contribution is 2.04. The van der Waals surface area contributed by atoms with E-state index in [4.69, 9.17) is 37.9 Å². The van der Waals surface area contributed by atoms with Gasteiger partial charge in [0.1, 0.15) is 0 Å². The summed E-state index contributed by atoms with van der Waals surface area (Å²) in [6, 6.07) is 0. The lowest BCUT2D eigenvalue weighted by atomic mass is 10.1. The molecule has 34 heavy (non-hydrogen) atoms. The van der Waals surface area contributed by atoms with Crippen LogP contribution in [0.4, 0.5) is 0 Å². The topological polar surface area (TPSA) is 85.9 Å². The summed E-state index contributed by atoms with van der Waals surface area (Å²) in [5, 5.41) is 3.02. The number of nitrogens with one attached hydrogen (secondary N) is 1. The van der Waals surface area contributed by atoms with Crippen molar-refractivity contribution in [1.82, 2.24) is 5.32 Å². The number of likely N-dealkylation sites (N-methyl/N-ethyl adjacent to an activating group) is 1. The lowest BCUT2D eigenvalue weighted by Gasteiger charge is -2.08. The van der Waals surface area contributed by atoms with Crippen LogP contribution in [-0.2, 0) is 37.9 Å². The van der Waals surface area contributed by atoms with Crippen LogP contribution in [0.1, 0.15) is 45.4 Å². The number of hydrogen-bond donors (Lipinski definition) is 1. The van der Waals surface area contributed by atoms with Crippen molar-refractivity contribution in [2.75, 3.05) is 119 Å². The number of ether oxygens (including phenoxy) is 8. The Balaban J connectivity index is 2.99. The van der Waals surface area contributed by atoms with Crippen molar-refractivity contribution in [1.29, 1.82) is 0 Å². The minimum Gasteiger partial charge on any atom is -0.379 e. The first-order valence-corrected chi connectivity index (χ1v) is 13.2. The molecule has 0 radical (unpaired) electrons. The highest BCUT2D eigenvalue weighted by molar-refractivity contribution is 4.44. The number of hydrogen-bond acceptors (Lipinski definition) is 9. The van der Waals surface area contributed by atoms with E-state index in [0.717, 1.165) is 19.6 Å². The molecule has 0 heterocycles. The minimum absolute atomic E-state index is 0.547. The molecule has 0 aliphatic heterocycles. The Morgan fingerprint density at radius 2 is 0.647 bits per heavy atom. The van der Waals surface area contributed by atoms with E-state index in [9.17, 15) is 0 Å². The fourth-order valence-corrected chi connectivity index (χ4v) is 2.80. The third-order valence-corrected chi connectivity index (χ3v) is 4.74. The zero-order valence-corrected chi connectivity index (χ0v) is 22.0. The molecule has 0 bridgehead atoms. The minimum atomic E-state index is 0.547. The molecule has 9 nitrogen and oxygen atoms in total. The highest BCUT2D eigenvalue weighted by atomic mass is 16.6. The van der Waals surface area contributed by atoms with Crippen molar-refractivity contribution in [2.45, 2.75) is 45.4 Å². The van der Waals surface area contributed by atoms with Crippen LogP contribution in [0, 0.1) is 0 Å². The molecule has 0 unspecified atom stereocenters. The Bertz CT molecular complexity index is 321. The van der Waals surface area contributed by atoms with Crippen molar-refractivity contribution in [3.05, 3.63) is 0 Å². The van der Waals surface area contributed by atoms with Gasteiger partial charge in [0.2, 0.25) is 0 Å². The summed E-state index contributed by atoms with van der Waals surface area (Å²) in [7, 11) is 1.90. The van der Waals surface area contributed by atoms with E-state index in [1.54, 1.807) is 0 Å². The fourth-order valence-electron chi connectivity index (χ4n) is 2.80. The number of rotatable bonds is 31.